The zero-order valence-electron chi connectivity index (χ0n) is 8.36. The number of aliphatic carboxylic acids is 1. The van der Waals surface area contributed by atoms with Crippen LogP contribution in [0.4, 0.5) is 6.01 Å². The second kappa shape index (κ2) is 4.64. The Hall–Kier alpha value is -1.52. The highest BCUT2D eigenvalue weighted by Gasteiger charge is 2.05. The topological polar surface area (TPSA) is 66.6 Å². The first kappa shape index (κ1) is 10.6. The summed E-state index contributed by atoms with van der Waals surface area (Å²) in [4.78, 5) is 16.0. The van der Waals surface area contributed by atoms with Crippen LogP contribution in [0.1, 0.15) is 18.6 Å². The summed E-state index contributed by atoms with van der Waals surface area (Å²) in [6, 6.07) is 0.551. The number of rotatable bonds is 5. The van der Waals surface area contributed by atoms with E-state index in [9.17, 15) is 4.79 Å². The lowest BCUT2D eigenvalue weighted by atomic mass is 10.2. The molecule has 0 bridgehead atoms. The Bertz CT molecular complexity index is 307. The fourth-order valence-electron chi connectivity index (χ4n) is 1.03. The Balaban J connectivity index is 2.40. The molecule has 14 heavy (non-hydrogen) atoms. The number of aromatic nitrogens is 1. The van der Waals surface area contributed by atoms with Crippen LogP contribution in [0, 0.1) is 0 Å². The molecular formula is C9H14N2O3. The van der Waals surface area contributed by atoms with Gasteiger partial charge in [-0.25, -0.2) is 4.98 Å². The predicted molar refractivity (Wildman–Crippen MR) is 51.4 cm³/mol. The minimum atomic E-state index is -0.780. The average Bonchev–Trinajstić information content (AvgIpc) is 2.52. The number of anilines is 1. The molecule has 1 aromatic rings. The summed E-state index contributed by atoms with van der Waals surface area (Å²) < 4.78 is 5.35. The van der Waals surface area contributed by atoms with Crippen molar-refractivity contribution in [3.8, 4) is 0 Å². The van der Waals surface area contributed by atoms with Gasteiger partial charge in [-0.15, -0.1) is 0 Å². The lowest BCUT2D eigenvalue weighted by molar-refractivity contribution is -0.137. The van der Waals surface area contributed by atoms with Crippen LogP contribution in [0.2, 0.25) is 0 Å². The zero-order chi connectivity index (χ0) is 10.6. The summed E-state index contributed by atoms with van der Waals surface area (Å²) in [7, 11) is 3.68. The molecule has 0 aliphatic rings. The van der Waals surface area contributed by atoms with Crippen molar-refractivity contribution < 1.29 is 14.3 Å². The molecular weight excluding hydrogens is 184 g/mol. The van der Waals surface area contributed by atoms with Crippen LogP contribution in [-0.4, -0.2) is 30.2 Å². The molecule has 1 aromatic heterocycles. The highest BCUT2D eigenvalue weighted by Crippen LogP contribution is 2.13. The number of aryl methyl sites for hydroxylation is 1. The summed E-state index contributed by atoms with van der Waals surface area (Å²) in [6.45, 7) is 0. The summed E-state index contributed by atoms with van der Waals surface area (Å²) in [6.07, 6.45) is 3.00. The van der Waals surface area contributed by atoms with Gasteiger partial charge in [-0.3, -0.25) is 4.79 Å². The molecule has 0 aromatic carbocycles. The first-order valence-electron chi connectivity index (χ1n) is 4.43. The normalized spacial score (nSPS) is 10.1. The average molecular weight is 198 g/mol. The van der Waals surface area contributed by atoms with Gasteiger partial charge in [0.2, 0.25) is 0 Å². The van der Waals surface area contributed by atoms with E-state index in [-0.39, 0.29) is 6.42 Å². The molecule has 5 heteroatoms. The first-order valence-corrected chi connectivity index (χ1v) is 4.43. The summed E-state index contributed by atoms with van der Waals surface area (Å²) in [5, 5.41) is 8.43. The molecule has 0 radical (unpaired) electrons. The van der Waals surface area contributed by atoms with Crippen molar-refractivity contribution in [2.24, 2.45) is 0 Å². The number of carbonyl (C=O) groups is 1. The lowest BCUT2D eigenvalue weighted by Gasteiger charge is -2.04. The monoisotopic (exact) mass is 198 g/mol. The summed E-state index contributed by atoms with van der Waals surface area (Å²) in [5.74, 6) is -0.0488. The molecule has 0 saturated carbocycles. The van der Waals surface area contributed by atoms with E-state index in [2.05, 4.69) is 4.98 Å². The second-order valence-corrected chi connectivity index (χ2v) is 3.25. The Morgan fingerprint density at radius 1 is 1.64 bits per heavy atom. The van der Waals surface area contributed by atoms with Crippen LogP contribution in [0.5, 0.6) is 0 Å². The Morgan fingerprint density at radius 2 is 2.36 bits per heavy atom. The number of carboxylic acids is 1. The van der Waals surface area contributed by atoms with Gasteiger partial charge in [0.05, 0.1) is 6.20 Å². The van der Waals surface area contributed by atoms with E-state index in [0.29, 0.717) is 18.9 Å². The van der Waals surface area contributed by atoms with E-state index in [4.69, 9.17) is 9.52 Å². The molecule has 0 spiro atoms. The third-order valence-electron chi connectivity index (χ3n) is 1.74. The van der Waals surface area contributed by atoms with Crippen molar-refractivity contribution >= 4 is 12.0 Å². The van der Waals surface area contributed by atoms with Crippen molar-refractivity contribution in [1.29, 1.82) is 0 Å². The summed E-state index contributed by atoms with van der Waals surface area (Å²) in [5.41, 5.74) is 0. The first-order chi connectivity index (χ1) is 6.59. The maximum Gasteiger partial charge on any atom is 0.303 e. The Morgan fingerprint density at radius 3 is 2.86 bits per heavy atom. The van der Waals surface area contributed by atoms with Gasteiger partial charge in [0.25, 0.3) is 6.01 Å². The second-order valence-electron chi connectivity index (χ2n) is 3.25. The highest BCUT2D eigenvalue weighted by atomic mass is 16.4. The van der Waals surface area contributed by atoms with Crippen molar-refractivity contribution in [2.45, 2.75) is 19.3 Å². The van der Waals surface area contributed by atoms with Gasteiger partial charge in [-0.1, -0.05) is 0 Å². The highest BCUT2D eigenvalue weighted by molar-refractivity contribution is 5.66. The minimum Gasteiger partial charge on any atom is -0.481 e. The van der Waals surface area contributed by atoms with Gasteiger partial charge in [0, 0.05) is 26.9 Å². The lowest BCUT2D eigenvalue weighted by Crippen LogP contribution is -2.08. The van der Waals surface area contributed by atoms with Crippen molar-refractivity contribution in [3.05, 3.63) is 12.0 Å². The van der Waals surface area contributed by atoms with Gasteiger partial charge < -0.3 is 14.4 Å². The molecule has 1 heterocycles. The third kappa shape index (κ3) is 3.08. The largest absolute Gasteiger partial charge is 0.481 e. The molecule has 0 fully saturated rings. The van der Waals surface area contributed by atoms with E-state index in [1.165, 1.54) is 0 Å². The molecule has 0 atom stereocenters. The maximum absolute atomic E-state index is 10.2. The van der Waals surface area contributed by atoms with Crippen LogP contribution < -0.4 is 4.90 Å². The number of nitrogens with zero attached hydrogens (tertiary/aromatic N) is 2. The molecule has 0 amide bonds. The molecule has 1 N–H and O–H groups in total. The van der Waals surface area contributed by atoms with E-state index in [1.807, 2.05) is 14.1 Å². The van der Waals surface area contributed by atoms with Crippen LogP contribution in [-0.2, 0) is 11.2 Å². The fraction of sp³-hybridized carbons (Fsp3) is 0.556. The van der Waals surface area contributed by atoms with Gasteiger partial charge in [0.1, 0.15) is 5.76 Å². The molecule has 0 saturated heterocycles. The summed E-state index contributed by atoms with van der Waals surface area (Å²) >= 11 is 0. The predicted octanol–water partition coefficient (Wildman–Crippen LogP) is 1.15. The Kier molecular flexibility index (Phi) is 3.50. The van der Waals surface area contributed by atoms with Gasteiger partial charge in [-0.2, -0.15) is 0 Å². The van der Waals surface area contributed by atoms with Crippen molar-refractivity contribution in [1.82, 2.24) is 4.98 Å². The number of hydrogen-bond donors (Lipinski definition) is 1. The van der Waals surface area contributed by atoms with Gasteiger partial charge >= 0.3 is 5.97 Å². The smallest absolute Gasteiger partial charge is 0.303 e. The Labute approximate surface area is 82.4 Å². The minimum absolute atomic E-state index is 0.165. The molecule has 0 unspecified atom stereocenters. The fourth-order valence-corrected chi connectivity index (χ4v) is 1.03. The third-order valence-corrected chi connectivity index (χ3v) is 1.74. The van der Waals surface area contributed by atoms with E-state index in [1.54, 1.807) is 11.1 Å². The standard InChI is InChI=1S/C9H14N2O3/c1-11(2)9-10-6-7(14-9)4-3-5-8(12)13/h6H,3-5H2,1-2H3,(H,12,13). The van der Waals surface area contributed by atoms with Gasteiger partial charge in [-0.05, 0) is 6.42 Å². The quantitative estimate of drug-likeness (QED) is 0.768. The van der Waals surface area contributed by atoms with Crippen LogP contribution in [0.3, 0.4) is 0 Å². The van der Waals surface area contributed by atoms with Crippen LogP contribution in [0.25, 0.3) is 0 Å². The zero-order valence-corrected chi connectivity index (χ0v) is 8.36. The molecule has 78 valence electrons. The van der Waals surface area contributed by atoms with Gasteiger partial charge in [0.15, 0.2) is 0 Å². The SMILES string of the molecule is CN(C)c1ncc(CCCC(=O)O)o1. The van der Waals surface area contributed by atoms with E-state index >= 15 is 0 Å². The molecule has 0 aliphatic carbocycles. The van der Waals surface area contributed by atoms with Crippen molar-refractivity contribution in [2.75, 3.05) is 19.0 Å². The van der Waals surface area contributed by atoms with Crippen LogP contribution >= 0.6 is 0 Å². The van der Waals surface area contributed by atoms with E-state index in [0.717, 1.165) is 5.76 Å². The van der Waals surface area contributed by atoms with Crippen molar-refractivity contribution in [3.63, 3.8) is 0 Å². The van der Waals surface area contributed by atoms with E-state index < -0.39 is 5.97 Å². The van der Waals surface area contributed by atoms with Crippen LogP contribution in [0.15, 0.2) is 10.6 Å². The number of hydrogen-bond acceptors (Lipinski definition) is 4. The molecule has 0 aliphatic heterocycles. The molecule has 1 rings (SSSR count). The number of oxazole rings is 1. The molecule has 5 nitrogen and oxygen atoms in total. The maximum atomic E-state index is 10.2. The number of carboxylic acid groups (broad SMARTS) is 1.